The Morgan fingerprint density at radius 3 is 3.00 bits per heavy atom. The van der Waals surface area contributed by atoms with Crippen molar-refractivity contribution in [1.82, 2.24) is 20.4 Å². The van der Waals surface area contributed by atoms with Crippen LogP contribution >= 0.6 is 12.2 Å². The first-order valence-corrected chi connectivity index (χ1v) is 5.54. The molecule has 0 fully saturated rings. The highest BCUT2D eigenvalue weighted by molar-refractivity contribution is 7.80. The molecule has 0 bridgehead atoms. The fraction of sp³-hybridized carbons (Fsp3) is 0.500. The molecule has 0 aliphatic heterocycles. The van der Waals surface area contributed by atoms with Gasteiger partial charge in [0.2, 0.25) is 0 Å². The molecule has 16 heavy (non-hydrogen) atoms. The molecule has 1 aromatic heterocycles. The van der Waals surface area contributed by atoms with Crippen molar-refractivity contribution in [2.75, 3.05) is 13.6 Å². The minimum Gasteiger partial charge on any atom is -0.366 e. The number of nitrogens with one attached hydrogen (secondary N) is 2. The zero-order valence-electron chi connectivity index (χ0n) is 9.49. The zero-order valence-corrected chi connectivity index (χ0v) is 10.3. The molecule has 6 heteroatoms. The van der Waals surface area contributed by atoms with Crippen molar-refractivity contribution >= 4 is 17.3 Å². The molecule has 0 aliphatic rings. The van der Waals surface area contributed by atoms with Gasteiger partial charge in [0.25, 0.3) is 5.56 Å². The van der Waals surface area contributed by atoms with Gasteiger partial charge in [0, 0.05) is 26.2 Å². The van der Waals surface area contributed by atoms with Crippen LogP contribution < -0.4 is 16.2 Å². The summed E-state index contributed by atoms with van der Waals surface area (Å²) >= 11 is 4.93. The maximum Gasteiger partial charge on any atom is 0.266 e. The Morgan fingerprint density at radius 1 is 1.56 bits per heavy atom. The van der Waals surface area contributed by atoms with E-state index in [1.54, 1.807) is 13.1 Å². The van der Waals surface area contributed by atoms with E-state index in [0.29, 0.717) is 11.7 Å². The van der Waals surface area contributed by atoms with Gasteiger partial charge in [-0.3, -0.25) is 4.79 Å². The fourth-order valence-corrected chi connectivity index (χ4v) is 1.33. The summed E-state index contributed by atoms with van der Waals surface area (Å²) in [4.78, 5) is 11.4. The Hall–Kier alpha value is -1.43. The lowest BCUT2D eigenvalue weighted by Crippen LogP contribution is -2.34. The average molecular weight is 240 g/mol. The van der Waals surface area contributed by atoms with Crippen molar-refractivity contribution in [3.8, 4) is 0 Å². The van der Waals surface area contributed by atoms with Crippen LogP contribution in [0.2, 0.25) is 0 Å². The minimum atomic E-state index is -0.0678. The third-order valence-electron chi connectivity index (χ3n) is 2.06. The second-order valence-corrected chi connectivity index (χ2v) is 3.80. The molecule has 0 spiro atoms. The van der Waals surface area contributed by atoms with Crippen LogP contribution in [0.1, 0.15) is 12.1 Å². The Labute approximate surface area is 99.9 Å². The summed E-state index contributed by atoms with van der Waals surface area (Å²) in [6.45, 7) is 3.19. The van der Waals surface area contributed by atoms with Crippen LogP contribution in [0.25, 0.3) is 0 Å². The van der Waals surface area contributed by atoms with E-state index in [1.165, 1.54) is 10.7 Å². The second-order valence-electron chi connectivity index (χ2n) is 3.40. The smallest absolute Gasteiger partial charge is 0.266 e. The van der Waals surface area contributed by atoms with Crippen LogP contribution in [-0.2, 0) is 6.54 Å². The molecule has 5 nitrogen and oxygen atoms in total. The van der Waals surface area contributed by atoms with Gasteiger partial charge in [-0.1, -0.05) is 0 Å². The Balaban J connectivity index is 2.40. The Bertz CT molecular complexity index is 416. The van der Waals surface area contributed by atoms with Gasteiger partial charge in [-0.15, -0.1) is 0 Å². The molecule has 0 aliphatic carbocycles. The van der Waals surface area contributed by atoms with Gasteiger partial charge in [-0.05, 0) is 31.6 Å². The third kappa shape index (κ3) is 3.98. The van der Waals surface area contributed by atoms with E-state index in [9.17, 15) is 4.79 Å². The SMILES string of the molecule is CNC(=S)NCCCn1nc(C)ccc1=O. The normalized spacial score (nSPS) is 9.88. The van der Waals surface area contributed by atoms with Crippen LogP contribution in [0.15, 0.2) is 16.9 Å². The summed E-state index contributed by atoms with van der Waals surface area (Å²) < 4.78 is 1.47. The topological polar surface area (TPSA) is 58.9 Å². The van der Waals surface area contributed by atoms with E-state index in [4.69, 9.17) is 12.2 Å². The molecule has 1 rings (SSSR count). The summed E-state index contributed by atoms with van der Waals surface area (Å²) in [6.07, 6.45) is 0.804. The lowest BCUT2D eigenvalue weighted by Gasteiger charge is -2.07. The molecule has 0 unspecified atom stereocenters. The minimum absolute atomic E-state index is 0.0678. The van der Waals surface area contributed by atoms with E-state index in [1.807, 2.05) is 6.92 Å². The predicted octanol–water partition coefficient (Wildman–Crippen LogP) is 0.0357. The highest BCUT2D eigenvalue weighted by Crippen LogP contribution is 1.88. The quantitative estimate of drug-likeness (QED) is 0.574. The fourth-order valence-electron chi connectivity index (χ4n) is 1.23. The Morgan fingerprint density at radius 2 is 2.31 bits per heavy atom. The molecule has 2 N–H and O–H groups in total. The molecule has 88 valence electrons. The molecule has 0 aromatic carbocycles. The first kappa shape index (κ1) is 12.6. The highest BCUT2D eigenvalue weighted by atomic mass is 32.1. The second kappa shape index (κ2) is 6.22. The van der Waals surface area contributed by atoms with Gasteiger partial charge in [-0.2, -0.15) is 5.10 Å². The maximum absolute atomic E-state index is 11.4. The van der Waals surface area contributed by atoms with Gasteiger partial charge >= 0.3 is 0 Å². The van der Waals surface area contributed by atoms with Crippen LogP contribution in [0.4, 0.5) is 0 Å². The van der Waals surface area contributed by atoms with Crippen molar-refractivity contribution in [3.05, 3.63) is 28.2 Å². The summed E-state index contributed by atoms with van der Waals surface area (Å²) in [7, 11) is 1.77. The number of hydrogen-bond acceptors (Lipinski definition) is 3. The van der Waals surface area contributed by atoms with Gasteiger partial charge < -0.3 is 10.6 Å². The third-order valence-corrected chi connectivity index (χ3v) is 2.41. The van der Waals surface area contributed by atoms with Crippen LogP contribution in [0.5, 0.6) is 0 Å². The molecule has 0 atom stereocenters. The van der Waals surface area contributed by atoms with Gasteiger partial charge in [-0.25, -0.2) is 4.68 Å². The van der Waals surface area contributed by atoms with Crippen LogP contribution in [0.3, 0.4) is 0 Å². The first-order valence-electron chi connectivity index (χ1n) is 5.14. The zero-order chi connectivity index (χ0) is 12.0. The van der Waals surface area contributed by atoms with E-state index >= 15 is 0 Å². The molecule has 0 saturated carbocycles. The molecule has 0 radical (unpaired) electrons. The molecule has 1 heterocycles. The maximum atomic E-state index is 11.4. The summed E-state index contributed by atoms with van der Waals surface area (Å²) in [5.41, 5.74) is 0.778. The summed E-state index contributed by atoms with van der Waals surface area (Å²) in [5, 5.41) is 10.6. The predicted molar refractivity (Wildman–Crippen MR) is 67.5 cm³/mol. The van der Waals surface area contributed by atoms with E-state index in [0.717, 1.165) is 18.7 Å². The van der Waals surface area contributed by atoms with Gasteiger partial charge in [0.1, 0.15) is 0 Å². The number of hydrogen-bond donors (Lipinski definition) is 2. The number of aromatic nitrogens is 2. The molecule has 1 aromatic rings. The molecule has 0 saturated heterocycles. The molecule has 0 amide bonds. The van der Waals surface area contributed by atoms with E-state index in [2.05, 4.69) is 15.7 Å². The van der Waals surface area contributed by atoms with Crippen LogP contribution in [-0.4, -0.2) is 28.5 Å². The van der Waals surface area contributed by atoms with E-state index < -0.39 is 0 Å². The highest BCUT2D eigenvalue weighted by Gasteiger charge is 1.97. The van der Waals surface area contributed by atoms with Crippen molar-refractivity contribution in [1.29, 1.82) is 0 Å². The number of rotatable bonds is 4. The lowest BCUT2D eigenvalue weighted by molar-refractivity contribution is 0.538. The molecular weight excluding hydrogens is 224 g/mol. The van der Waals surface area contributed by atoms with Crippen molar-refractivity contribution < 1.29 is 0 Å². The lowest BCUT2D eigenvalue weighted by atomic mass is 10.4. The standard InChI is InChI=1S/C10H16N4OS/c1-8-4-5-9(15)14(13-8)7-3-6-12-10(16)11-2/h4-5H,3,6-7H2,1-2H3,(H2,11,12,16). The number of thiocarbonyl (C=S) groups is 1. The average Bonchev–Trinajstić information content (AvgIpc) is 2.28. The van der Waals surface area contributed by atoms with Crippen molar-refractivity contribution in [2.45, 2.75) is 19.9 Å². The molecular formula is C10H16N4OS. The number of aryl methyl sites for hydroxylation is 2. The van der Waals surface area contributed by atoms with Crippen LogP contribution in [0, 0.1) is 6.92 Å². The summed E-state index contributed by atoms with van der Waals surface area (Å²) in [5.74, 6) is 0. The van der Waals surface area contributed by atoms with Crippen molar-refractivity contribution in [2.24, 2.45) is 0 Å². The van der Waals surface area contributed by atoms with Gasteiger partial charge in [0.15, 0.2) is 5.11 Å². The van der Waals surface area contributed by atoms with Crippen molar-refractivity contribution in [3.63, 3.8) is 0 Å². The number of nitrogens with zero attached hydrogens (tertiary/aromatic N) is 2. The summed E-state index contributed by atoms with van der Waals surface area (Å²) in [6, 6.07) is 3.25. The van der Waals surface area contributed by atoms with E-state index in [-0.39, 0.29) is 5.56 Å². The Kier molecular flexibility index (Phi) is 4.91. The largest absolute Gasteiger partial charge is 0.366 e. The first-order chi connectivity index (χ1) is 7.63. The monoisotopic (exact) mass is 240 g/mol. The van der Waals surface area contributed by atoms with Gasteiger partial charge in [0.05, 0.1) is 5.69 Å².